The third-order valence-electron chi connectivity index (χ3n) is 4.33. The van der Waals surface area contributed by atoms with Crippen LogP contribution in [0.4, 0.5) is 4.39 Å². The van der Waals surface area contributed by atoms with Gasteiger partial charge in [-0.25, -0.2) is 9.37 Å². The maximum atomic E-state index is 14.0. The predicted octanol–water partition coefficient (Wildman–Crippen LogP) is 2.92. The van der Waals surface area contributed by atoms with Crippen LogP contribution >= 0.6 is 0 Å². The van der Waals surface area contributed by atoms with Gasteiger partial charge in [0, 0.05) is 19.0 Å². The van der Waals surface area contributed by atoms with Crippen molar-refractivity contribution in [3.8, 4) is 0 Å². The Balaban J connectivity index is 1.78. The summed E-state index contributed by atoms with van der Waals surface area (Å²) < 4.78 is 19.4. The van der Waals surface area contributed by atoms with Gasteiger partial charge in [0.15, 0.2) is 17.3 Å². The maximum absolute atomic E-state index is 14.0. The normalized spacial score (nSPS) is 25.8. The second kappa shape index (κ2) is 5.39. The standard InChI is InChI=1S/C16H21FN2O2/c1-3-14-19-12-8-10(7-11(17)15(12)21-14)9-18-13-5-4-6-16(13,2)20/h7-8,13,18,20H,3-6,9H2,1-2H3/t13-,16-/m1/s1. The lowest BCUT2D eigenvalue weighted by Gasteiger charge is -2.26. The van der Waals surface area contributed by atoms with Gasteiger partial charge in [-0.3, -0.25) is 0 Å². The number of hydrogen-bond acceptors (Lipinski definition) is 4. The molecule has 0 radical (unpaired) electrons. The van der Waals surface area contributed by atoms with Gasteiger partial charge >= 0.3 is 0 Å². The number of oxazole rings is 1. The zero-order chi connectivity index (χ0) is 15.0. The van der Waals surface area contributed by atoms with E-state index in [0.29, 0.717) is 24.4 Å². The smallest absolute Gasteiger partial charge is 0.195 e. The molecule has 1 aromatic heterocycles. The summed E-state index contributed by atoms with van der Waals surface area (Å²) in [6.45, 7) is 4.29. The van der Waals surface area contributed by atoms with Crippen molar-refractivity contribution in [3.05, 3.63) is 29.4 Å². The highest BCUT2D eigenvalue weighted by molar-refractivity contribution is 5.74. The molecule has 21 heavy (non-hydrogen) atoms. The monoisotopic (exact) mass is 292 g/mol. The van der Waals surface area contributed by atoms with Crippen molar-refractivity contribution < 1.29 is 13.9 Å². The van der Waals surface area contributed by atoms with Crippen LogP contribution < -0.4 is 5.32 Å². The van der Waals surface area contributed by atoms with E-state index in [1.807, 2.05) is 19.9 Å². The van der Waals surface area contributed by atoms with E-state index in [0.717, 1.165) is 24.8 Å². The summed E-state index contributed by atoms with van der Waals surface area (Å²) in [6.07, 6.45) is 3.41. The number of nitrogens with one attached hydrogen (secondary N) is 1. The van der Waals surface area contributed by atoms with Crippen molar-refractivity contribution in [1.82, 2.24) is 10.3 Å². The second-order valence-corrected chi connectivity index (χ2v) is 6.07. The second-order valence-electron chi connectivity index (χ2n) is 6.07. The first-order chi connectivity index (χ1) is 9.99. The summed E-state index contributed by atoms with van der Waals surface area (Å²) in [7, 11) is 0. The molecule has 114 valence electrons. The average Bonchev–Trinajstić information content (AvgIpc) is 2.99. The Labute approximate surface area is 123 Å². The number of aliphatic hydroxyl groups is 1. The molecule has 1 aliphatic carbocycles. The Morgan fingerprint density at radius 2 is 2.33 bits per heavy atom. The van der Waals surface area contributed by atoms with Gasteiger partial charge < -0.3 is 14.8 Å². The van der Waals surface area contributed by atoms with Crippen LogP contribution in [0.2, 0.25) is 0 Å². The van der Waals surface area contributed by atoms with Crippen molar-refractivity contribution in [1.29, 1.82) is 0 Å². The molecule has 2 atom stereocenters. The topological polar surface area (TPSA) is 58.3 Å². The van der Waals surface area contributed by atoms with E-state index in [4.69, 9.17) is 4.42 Å². The Morgan fingerprint density at radius 3 is 3.00 bits per heavy atom. The Hall–Kier alpha value is -1.46. The van der Waals surface area contributed by atoms with Gasteiger partial charge in [-0.15, -0.1) is 0 Å². The van der Waals surface area contributed by atoms with Gasteiger partial charge in [0.1, 0.15) is 5.52 Å². The first-order valence-corrected chi connectivity index (χ1v) is 7.53. The van der Waals surface area contributed by atoms with E-state index < -0.39 is 5.60 Å². The number of aromatic nitrogens is 1. The summed E-state index contributed by atoms with van der Waals surface area (Å²) in [5, 5.41) is 13.6. The van der Waals surface area contributed by atoms with Crippen molar-refractivity contribution in [2.45, 2.75) is 57.7 Å². The summed E-state index contributed by atoms with van der Waals surface area (Å²) in [6, 6.07) is 3.38. The van der Waals surface area contributed by atoms with Crippen molar-refractivity contribution in [2.75, 3.05) is 0 Å². The van der Waals surface area contributed by atoms with Crippen LogP contribution in [0.1, 0.15) is 44.6 Å². The lowest BCUT2D eigenvalue weighted by atomic mass is 10.0. The fourth-order valence-corrected chi connectivity index (χ4v) is 3.06. The highest BCUT2D eigenvalue weighted by Gasteiger charge is 2.36. The van der Waals surface area contributed by atoms with Crippen LogP contribution in [0, 0.1) is 5.82 Å². The summed E-state index contributed by atoms with van der Waals surface area (Å²) in [4.78, 5) is 4.28. The molecule has 0 saturated heterocycles. The third kappa shape index (κ3) is 2.80. The highest BCUT2D eigenvalue weighted by atomic mass is 19.1. The summed E-state index contributed by atoms with van der Waals surface area (Å²) in [5.74, 6) is 0.169. The van der Waals surface area contributed by atoms with E-state index in [-0.39, 0.29) is 17.4 Å². The Morgan fingerprint density at radius 1 is 1.52 bits per heavy atom. The minimum Gasteiger partial charge on any atom is -0.438 e. The highest BCUT2D eigenvalue weighted by Crippen LogP contribution is 2.30. The van der Waals surface area contributed by atoms with Gasteiger partial charge in [0.25, 0.3) is 0 Å². The van der Waals surface area contributed by atoms with Crippen molar-refractivity contribution >= 4 is 11.1 Å². The van der Waals surface area contributed by atoms with Gasteiger partial charge in [-0.1, -0.05) is 6.92 Å². The molecular weight excluding hydrogens is 271 g/mol. The minimum atomic E-state index is -0.675. The molecular formula is C16H21FN2O2. The first kappa shape index (κ1) is 14.5. The summed E-state index contributed by atoms with van der Waals surface area (Å²) in [5.41, 5.74) is 0.926. The molecule has 0 spiro atoms. The number of rotatable bonds is 4. The first-order valence-electron chi connectivity index (χ1n) is 7.53. The fourth-order valence-electron chi connectivity index (χ4n) is 3.06. The van der Waals surface area contributed by atoms with Crippen LogP contribution in [-0.4, -0.2) is 21.7 Å². The van der Waals surface area contributed by atoms with Gasteiger partial charge in [-0.05, 0) is 43.9 Å². The quantitative estimate of drug-likeness (QED) is 0.909. The van der Waals surface area contributed by atoms with Crippen molar-refractivity contribution in [3.63, 3.8) is 0 Å². The number of hydrogen-bond donors (Lipinski definition) is 2. The predicted molar refractivity (Wildman–Crippen MR) is 78.4 cm³/mol. The number of aryl methyl sites for hydroxylation is 1. The average molecular weight is 292 g/mol. The SMILES string of the molecule is CCc1nc2cc(CN[C@@H]3CCC[C@@]3(C)O)cc(F)c2o1. The maximum Gasteiger partial charge on any atom is 0.195 e. The molecule has 1 fully saturated rings. The number of halogens is 1. The molecule has 1 heterocycles. The zero-order valence-electron chi connectivity index (χ0n) is 12.4. The molecule has 1 aliphatic rings. The largest absolute Gasteiger partial charge is 0.438 e. The Kier molecular flexibility index (Phi) is 3.71. The molecule has 0 aliphatic heterocycles. The van der Waals surface area contributed by atoms with E-state index in [1.54, 1.807) is 0 Å². The molecule has 2 N–H and O–H groups in total. The number of fused-ring (bicyclic) bond motifs is 1. The molecule has 3 rings (SSSR count). The fraction of sp³-hybridized carbons (Fsp3) is 0.562. The van der Waals surface area contributed by atoms with Gasteiger partial charge in [0.05, 0.1) is 5.60 Å². The molecule has 0 amide bonds. The van der Waals surface area contributed by atoms with Gasteiger partial charge in [-0.2, -0.15) is 0 Å². The number of benzene rings is 1. The van der Waals surface area contributed by atoms with Crippen LogP contribution in [0.25, 0.3) is 11.1 Å². The van der Waals surface area contributed by atoms with Crippen LogP contribution in [0.3, 0.4) is 0 Å². The lowest BCUT2D eigenvalue weighted by Crippen LogP contribution is -2.44. The number of nitrogens with zero attached hydrogens (tertiary/aromatic N) is 1. The Bertz CT molecular complexity index is 651. The molecule has 0 unspecified atom stereocenters. The third-order valence-corrected chi connectivity index (χ3v) is 4.33. The van der Waals surface area contributed by atoms with Gasteiger partial charge in [0.2, 0.25) is 0 Å². The van der Waals surface area contributed by atoms with Crippen molar-refractivity contribution in [2.24, 2.45) is 0 Å². The molecule has 1 aromatic carbocycles. The molecule has 2 aromatic rings. The van der Waals surface area contributed by atoms with Crippen LogP contribution in [0.15, 0.2) is 16.5 Å². The molecule has 4 nitrogen and oxygen atoms in total. The van der Waals surface area contributed by atoms with E-state index >= 15 is 0 Å². The van der Waals surface area contributed by atoms with E-state index in [9.17, 15) is 9.50 Å². The molecule has 0 bridgehead atoms. The van der Waals surface area contributed by atoms with Crippen LogP contribution in [0.5, 0.6) is 0 Å². The van der Waals surface area contributed by atoms with E-state index in [2.05, 4.69) is 10.3 Å². The summed E-state index contributed by atoms with van der Waals surface area (Å²) >= 11 is 0. The lowest BCUT2D eigenvalue weighted by molar-refractivity contribution is 0.0387. The zero-order valence-corrected chi connectivity index (χ0v) is 12.4. The van der Waals surface area contributed by atoms with E-state index in [1.165, 1.54) is 6.07 Å². The molecule has 5 heteroatoms. The molecule has 1 saturated carbocycles. The minimum absolute atomic E-state index is 0.0553. The van der Waals surface area contributed by atoms with Crippen LogP contribution in [-0.2, 0) is 13.0 Å².